The maximum atomic E-state index is 14.2. The number of aliphatic carboxylic acids is 1. The van der Waals surface area contributed by atoms with Gasteiger partial charge in [-0.05, 0) is 55.7 Å². The molecular formula is C19H21F2NO3. The molecule has 2 aromatic rings. The molecule has 0 spiro atoms. The van der Waals surface area contributed by atoms with Gasteiger partial charge in [0.15, 0.2) is 17.4 Å². The summed E-state index contributed by atoms with van der Waals surface area (Å²) >= 11 is 0. The van der Waals surface area contributed by atoms with Crippen molar-refractivity contribution >= 4 is 11.7 Å². The van der Waals surface area contributed by atoms with Gasteiger partial charge in [0, 0.05) is 18.2 Å². The Hall–Kier alpha value is -2.63. The van der Waals surface area contributed by atoms with Gasteiger partial charge < -0.3 is 15.2 Å². The molecule has 0 aliphatic heterocycles. The monoisotopic (exact) mass is 349 g/mol. The van der Waals surface area contributed by atoms with Crippen molar-refractivity contribution in [3.05, 3.63) is 48.0 Å². The summed E-state index contributed by atoms with van der Waals surface area (Å²) in [6.45, 7) is 3.94. The molecule has 0 saturated carbocycles. The zero-order valence-corrected chi connectivity index (χ0v) is 14.2. The molecule has 0 fully saturated rings. The quantitative estimate of drug-likeness (QED) is 0.679. The van der Waals surface area contributed by atoms with Crippen LogP contribution in [0.2, 0.25) is 0 Å². The molecule has 2 N–H and O–H groups in total. The van der Waals surface area contributed by atoms with E-state index in [1.54, 1.807) is 6.07 Å². The van der Waals surface area contributed by atoms with Gasteiger partial charge in [-0.2, -0.15) is 0 Å². The van der Waals surface area contributed by atoms with Gasteiger partial charge in [0.05, 0.1) is 6.61 Å². The molecule has 134 valence electrons. The second-order valence-corrected chi connectivity index (χ2v) is 5.99. The molecule has 25 heavy (non-hydrogen) atoms. The Morgan fingerprint density at radius 1 is 1.16 bits per heavy atom. The van der Waals surface area contributed by atoms with Crippen molar-refractivity contribution in [3.63, 3.8) is 0 Å². The van der Waals surface area contributed by atoms with Crippen molar-refractivity contribution in [2.24, 2.45) is 0 Å². The molecule has 0 aromatic heterocycles. The standard InChI is InChI=1S/C19H21F2NO3/c1-12(2)22-15-6-3-5-13(9-15)14-10-16(20)19(17(21)11-14)25-8-4-7-18(23)24/h3,5-6,9-12,22H,4,7-8H2,1-2H3,(H,23,24). The molecule has 0 aliphatic carbocycles. The summed E-state index contributed by atoms with van der Waals surface area (Å²) in [5, 5.41) is 11.8. The van der Waals surface area contributed by atoms with Gasteiger partial charge in [-0.15, -0.1) is 0 Å². The lowest BCUT2D eigenvalue weighted by atomic mass is 10.0. The fourth-order valence-electron chi connectivity index (χ4n) is 2.38. The van der Waals surface area contributed by atoms with E-state index in [0.29, 0.717) is 11.1 Å². The van der Waals surface area contributed by atoms with Crippen LogP contribution in [0.25, 0.3) is 11.1 Å². The molecule has 0 saturated heterocycles. The van der Waals surface area contributed by atoms with Gasteiger partial charge in [-0.3, -0.25) is 4.79 Å². The lowest BCUT2D eigenvalue weighted by molar-refractivity contribution is -0.137. The fraction of sp³-hybridized carbons (Fsp3) is 0.316. The normalized spacial score (nSPS) is 10.8. The molecule has 0 unspecified atom stereocenters. The number of anilines is 1. The zero-order valence-electron chi connectivity index (χ0n) is 14.2. The Labute approximate surface area is 145 Å². The molecule has 0 radical (unpaired) electrons. The summed E-state index contributed by atoms with van der Waals surface area (Å²) in [4.78, 5) is 10.4. The molecule has 0 atom stereocenters. The molecule has 0 heterocycles. The first-order valence-corrected chi connectivity index (χ1v) is 8.07. The smallest absolute Gasteiger partial charge is 0.303 e. The van der Waals surface area contributed by atoms with Crippen molar-refractivity contribution < 1.29 is 23.4 Å². The van der Waals surface area contributed by atoms with Gasteiger partial charge in [-0.25, -0.2) is 8.78 Å². The first kappa shape index (κ1) is 18.7. The van der Waals surface area contributed by atoms with Crippen LogP contribution in [0.4, 0.5) is 14.5 Å². The number of nitrogens with one attached hydrogen (secondary N) is 1. The number of hydrogen-bond donors (Lipinski definition) is 2. The summed E-state index contributed by atoms with van der Waals surface area (Å²) in [5.74, 6) is -3.08. The highest BCUT2D eigenvalue weighted by Crippen LogP contribution is 2.30. The number of hydrogen-bond acceptors (Lipinski definition) is 3. The molecule has 2 rings (SSSR count). The molecule has 4 nitrogen and oxygen atoms in total. The van der Waals surface area contributed by atoms with E-state index in [9.17, 15) is 13.6 Å². The average Bonchev–Trinajstić information content (AvgIpc) is 2.52. The number of ether oxygens (including phenoxy) is 1. The second kappa shape index (κ2) is 8.46. The van der Waals surface area contributed by atoms with Crippen molar-refractivity contribution in [1.29, 1.82) is 0 Å². The topological polar surface area (TPSA) is 58.6 Å². The fourth-order valence-corrected chi connectivity index (χ4v) is 2.38. The third-order valence-electron chi connectivity index (χ3n) is 3.43. The van der Waals surface area contributed by atoms with Gasteiger partial charge in [-0.1, -0.05) is 12.1 Å². The van der Waals surface area contributed by atoms with Crippen LogP contribution in [0, 0.1) is 11.6 Å². The van der Waals surface area contributed by atoms with Crippen molar-refractivity contribution in [2.75, 3.05) is 11.9 Å². The molecule has 2 aromatic carbocycles. The minimum Gasteiger partial charge on any atom is -0.488 e. The van der Waals surface area contributed by atoms with E-state index in [1.807, 2.05) is 32.0 Å². The van der Waals surface area contributed by atoms with Crippen LogP contribution in [-0.4, -0.2) is 23.7 Å². The number of carboxylic acid groups (broad SMARTS) is 1. The van der Waals surface area contributed by atoms with E-state index in [1.165, 1.54) is 12.1 Å². The van der Waals surface area contributed by atoms with Gasteiger partial charge in [0.25, 0.3) is 0 Å². The highest BCUT2D eigenvalue weighted by molar-refractivity contribution is 5.69. The van der Waals surface area contributed by atoms with Gasteiger partial charge in [0.1, 0.15) is 0 Å². The predicted molar refractivity (Wildman–Crippen MR) is 92.9 cm³/mol. The second-order valence-electron chi connectivity index (χ2n) is 5.99. The minimum absolute atomic E-state index is 0.0622. The molecule has 6 heteroatoms. The van der Waals surface area contributed by atoms with E-state index >= 15 is 0 Å². The summed E-state index contributed by atoms with van der Waals surface area (Å²) in [5.41, 5.74) is 1.95. The third kappa shape index (κ3) is 5.45. The van der Waals surface area contributed by atoms with Crippen LogP contribution in [0.3, 0.4) is 0 Å². The summed E-state index contributed by atoms with van der Waals surface area (Å²) in [6, 6.07) is 9.95. The average molecular weight is 349 g/mol. The SMILES string of the molecule is CC(C)Nc1cccc(-c2cc(F)c(OCCCC(=O)O)c(F)c2)c1. The van der Waals surface area contributed by atoms with Crippen LogP contribution in [0.1, 0.15) is 26.7 Å². The number of halogens is 2. The van der Waals surface area contributed by atoms with Crippen LogP contribution in [0.5, 0.6) is 5.75 Å². The number of carbonyl (C=O) groups is 1. The third-order valence-corrected chi connectivity index (χ3v) is 3.43. The Kier molecular flexibility index (Phi) is 6.33. The van der Waals surface area contributed by atoms with Gasteiger partial charge >= 0.3 is 5.97 Å². The van der Waals surface area contributed by atoms with Crippen molar-refractivity contribution in [1.82, 2.24) is 0 Å². The van der Waals surface area contributed by atoms with E-state index in [4.69, 9.17) is 9.84 Å². The van der Waals surface area contributed by atoms with Crippen molar-refractivity contribution in [3.8, 4) is 16.9 Å². The molecule has 0 aliphatic rings. The van der Waals surface area contributed by atoms with Crippen LogP contribution in [0.15, 0.2) is 36.4 Å². The van der Waals surface area contributed by atoms with Crippen LogP contribution in [-0.2, 0) is 4.79 Å². The van der Waals surface area contributed by atoms with Crippen LogP contribution < -0.4 is 10.1 Å². The lowest BCUT2D eigenvalue weighted by Gasteiger charge is -2.13. The van der Waals surface area contributed by atoms with Gasteiger partial charge in [0.2, 0.25) is 0 Å². The summed E-state index contributed by atoms with van der Waals surface area (Å²) in [7, 11) is 0. The highest BCUT2D eigenvalue weighted by atomic mass is 19.1. The number of carboxylic acids is 1. The maximum absolute atomic E-state index is 14.2. The maximum Gasteiger partial charge on any atom is 0.303 e. The van der Waals surface area contributed by atoms with E-state index in [-0.39, 0.29) is 25.5 Å². The first-order valence-electron chi connectivity index (χ1n) is 8.07. The number of rotatable bonds is 8. The number of benzene rings is 2. The highest BCUT2D eigenvalue weighted by Gasteiger charge is 2.14. The Bertz CT molecular complexity index is 724. The Balaban J connectivity index is 2.17. The molecule has 0 bridgehead atoms. The van der Waals surface area contributed by atoms with Crippen LogP contribution >= 0.6 is 0 Å². The lowest BCUT2D eigenvalue weighted by Crippen LogP contribution is -2.09. The Morgan fingerprint density at radius 2 is 1.84 bits per heavy atom. The first-order chi connectivity index (χ1) is 11.9. The zero-order chi connectivity index (χ0) is 18.4. The van der Waals surface area contributed by atoms with E-state index in [2.05, 4.69) is 5.32 Å². The van der Waals surface area contributed by atoms with E-state index in [0.717, 1.165) is 5.69 Å². The molecular weight excluding hydrogens is 328 g/mol. The predicted octanol–water partition coefficient (Wildman–Crippen LogP) is 4.70. The largest absolute Gasteiger partial charge is 0.488 e. The molecule has 0 amide bonds. The summed E-state index contributed by atoms with van der Waals surface area (Å²) < 4.78 is 33.5. The Morgan fingerprint density at radius 3 is 2.44 bits per heavy atom. The minimum atomic E-state index is -0.977. The van der Waals surface area contributed by atoms with E-state index < -0.39 is 23.4 Å². The summed E-state index contributed by atoms with van der Waals surface area (Å²) in [6.07, 6.45) is 0.0653. The van der Waals surface area contributed by atoms with Crippen molar-refractivity contribution in [2.45, 2.75) is 32.7 Å².